The first-order valence-corrected chi connectivity index (χ1v) is 7.36. The molecular weight excluding hydrogens is 264 g/mol. The molecule has 0 spiro atoms. The summed E-state index contributed by atoms with van der Waals surface area (Å²) in [7, 11) is 0. The Balaban J connectivity index is 2.03. The quantitative estimate of drug-likeness (QED) is 0.794. The molecule has 0 bridgehead atoms. The van der Waals surface area contributed by atoms with Gasteiger partial charge in [0.15, 0.2) is 0 Å². The Bertz CT molecular complexity index is 614. The van der Waals surface area contributed by atoms with Crippen LogP contribution in [-0.2, 0) is 4.79 Å². The number of hydrazone groups is 1. The largest absolute Gasteiger partial charge is 0.314 e. The molecule has 1 fully saturated rings. The second-order valence-corrected chi connectivity index (χ2v) is 5.57. The Kier molecular flexibility index (Phi) is 3.61. The van der Waals surface area contributed by atoms with Gasteiger partial charge in [-0.3, -0.25) is 4.79 Å². The van der Waals surface area contributed by atoms with Crippen LogP contribution >= 0.6 is 0 Å². The lowest BCUT2D eigenvalue weighted by molar-refractivity contribution is -0.126. The fourth-order valence-corrected chi connectivity index (χ4v) is 2.93. The van der Waals surface area contributed by atoms with Crippen molar-refractivity contribution in [2.75, 3.05) is 11.6 Å². The zero-order chi connectivity index (χ0) is 14.8. The first kappa shape index (κ1) is 13.6. The topological polar surface area (TPSA) is 59.7 Å². The van der Waals surface area contributed by atoms with Crippen molar-refractivity contribution < 1.29 is 4.79 Å². The number of rotatable bonds is 1. The van der Waals surface area contributed by atoms with Crippen LogP contribution in [0.4, 0.5) is 5.69 Å². The summed E-state index contributed by atoms with van der Waals surface area (Å²) in [5.74, 6) is -0.229. The van der Waals surface area contributed by atoms with Gasteiger partial charge in [0.2, 0.25) is 5.71 Å². The number of nitriles is 1. The van der Waals surface area contributed by atoms with Crippen molar-refractivity contribution in [3.63, 3.8) is 0 Å². The molecule has 3 rings (SSSR count). The van der Waals surface area contributed by atoms with Gasteiger partial charge in [0, 0.05) is 6.54 Å². The number of nitrogens with zero attached hydrogens (tertiary/aromatic N) is 4. The van der Waals surface area contributed by atoms with Crippen molar-refractivity contribution in [1.29, 1.82) is 5.26 Å². The molecule has 1 aromatic carbocycles. The van der Waals surface area contributed by atoms with Crippen LogP contribution < -0.4 is 5.01 Å². The lowest BCUT2D eigenvalue weighted by atomic mass is 10.1. The Labute approximate surface area is 124 Å². The fraction of sp³-hybridized carbons (Fsp3) is 0.438. The van der Waals surface area contributed by atoms with Gasteiger partial charge in [-0.05, 0) is 38.3 Å². The number of benzene rings is 1. The maximum absolute atomic E-state index is 12.3. The number of hydrogen-bond donors (Lipinski definition) is 0. The highest BCUT2D eigenvalue weighted by molar-refractivity contribution is 6.45. The van der Waals surface area contributed by atoms with Crippen molar-refractivity contribution >= 4 is 17.3 Å². The van der Waals surface area contributed by atoms with Gasteiger partial charge in [0.1, 0.15) is 12.2 Å². The van der Waals surface area contributed by atoms with Crippen LogP contribution in [0.15, 0.2) is 29.4 Å². The van der Waals surface area contributed by atoms with Gasteiger partial charge in [-0.1, -0.05) is 24.1 Å². The van der Waals surface area contributed by atoms with E-state index in [-0.39, 0.29) is 17.8 Å². The van der Waals surface area contributed by atoms with E-state index in [4.69, 9.17) is 0 Å². The van der Waals surface area contributed by atoms with Gasteiger partial charge in [-0.15, -0.1) is 0 Å². The monoisotopic (exact) mass is 282 g/mol. The van der Waals surface area contributed by atoms with Gasteiger partial charge in [0.05, 0.1) is 5.69 Å². The minimum atomic E-state index is -0.229. The SMILES string of the molecule is Cc1ccc(N2N=C(C#N)C(=O)N3CCCCC[C@@H]32)cc1. The first-order valence-electron chi connectivity index (χ1n) is 7.36. The molecular formula is C16H18N4O. The number of carbonyl (C=O) groups is 1. The summed E-state index contributed by atoms with van der Waals surface area (Å²) >= 11 is 0. The molecule has 1 aromatic rings. The molecule has 2 heterocycles. The molecule has 2 aliphatic heterocycles. The fourth-order valence-electron chi connectivity index (χ4n) is 2.93. The second-order valence-electron chi connectivity index (χ2n) is 5.57. The van der Waals surface area contributed by atoms with Gasteiger partial charge in [-0.2, -0.15) is 10.4 Å². The Morgan fingerprint density at radius 3 is 2.71 bits per heavy atom. The maximum atomic E-state index is 12.3. The standard InChI is InChI=1S/C16H18N4O/c1-12-6-8-13(9-7-12)20-15-5-3-2-4-10-19(15)16(21)14(11-17)18-20/h6-9,15H,2-5,10H2,1H3/t15-/m0/s1. The van der Waals surface area contributed by atoms with E-state index in [9.17, 15) is 10.1 Å². The van der Waals surface area contributed by atoms with Crippen LogP contribution in [0.5, 0.6) is 0 Å². The van der Waals surface area contributed by atoms with E-state index in [2.05, 4.69) is 5.10 Å². The molecule has 0 radical (unpaired) electrons. The van der Waals surface area contributed by atoms with Crippen LogP contribution in [0.3, 0.4) is 0 Å². The van der Waals surface area contributed by atoms with Crippen LogP contribution in [-0.4, -0.2) is 29.2 Å². The molecule has 5 heteroatoms. The van der Waals surface area contributed by atoms with E-state index in [1.165, 1.54) is 5.56 Å². The number of hydrogen-bond acceptors (Lipinski definition) is 4. The minimum Gasteiger partial charge on any atom is -0.314 e. The highest BCUT2D eigenvalue weighted by Gasteiger charge is 2.37. The zero-order valence-electron chi connectivity index (χ0n) is 12.1. The lowest BCUT2D eigenvalue weighted by Gasteiger charge is -2.40. The molecule has 1 saturated heterocycles. The van der Waals surface area contributed by atoms with E-state index in [1.54, 1.807) is 4.90 Å². The molecule has 0 aromatic heterocycles. The normalized spacial score (nSPS) is 22.2. The van der Waals surface area contributed by atoms with Crippen LogP contribution in [0.2, 0.25) is 0 Å². The smallest absolute Gasteiger partial charge is 0.286 e. The molecule has 0 aliphatic carbocycles. The number of aryl methyl sites for hydroxylation is 1. The van der Waals surface area contributed by atoms with Gasteiger partial charge in [0.25, 0.3) is 5.91 Å². The molecule has 1 amide bonds. The third-order valence-electron chi connectivity index (χ3n) is 4.08. The predicted molar refractivity (Wildman–Crippen MR) is 80.7 cm³/mol. The van der Waals surface area contributed by atoms with Crippen LogP contribution in [0.1, 0.15) is 31.2 Å². The molecule has 5 nitrogen and oxygen atoms in total. The average Bonchev–Trinajstić information content (AvgIpc) is 2.75. The van der Waals surface area contributed by atoms with E-state index in [0.29, 0.717) is 6.54 Å². The third-order valence-corrected chi connectivity index (χ3v) is 4.08. The Morgan fingerprint density at radius 2 is 2.00 bits per heavy atom. The van der Waals surface area contributed by atoms with Gasteiger partial charge < -0.3 is 4.90 Å². The lowest BCUT2D eigenvalue weighted by Crippen LogP contribution is -2.55. The molecule has 2 aliphatic rings. The van der Waals surface area contributed by atoms with E-state index in [1.807, 2.05) is 42.3 Å². The van der Waals surface area contributed by atoms with Crippen molar-refractivity contribution in [2.24, 2.45) is 5.10 Å². The zero-order valence-corrected chi connectivity index (χ0v) is 12.1. The summed E-state index contributed by atoms with van der Waals surface area (Å²) in [5.41, 5.74) is 2.08. The van der Waals surface area contributed by atoms with Crippen molar-refractivity contribution in [1.82, 2.24) is 4.90 Å². The summed E-state index contributed by atoms with van der Waals surface area (Å²) in [6, 6.07) is 9.97. The first-order chi connectivity index (χ1) is 10.2. The van der Waals surface area contributed by atoms with Gasteiger partial charge in [-0.25, -0.2) is 5.01 Å². The van der Waals surface area contributed by atoms with Gasteiger partial charge >= 0.3 is 0 Å². The molecule has 0 unspecified atom stereocenters. The minimum absolute atomic E-state index is 0.0197. The summed E-state index contributed by atoms with van der Waals surface area (Å²) in [6.45, 7) is 2.73. The highest BCUT2D eigenvalue weighted by atomic mass is 16.2. The van der Waals surface area contributed by atoms with Crippen molar-refractivity contribution in [3.05, 3.63) is 29.8 Å². The van der Waals surface area contributed by atoms with Crippen molar-refractivity contribution in [2.45, 2.75) is 38.8 Å². The maximum Gasteiger partial charge on any atom is 0.286 e. The average molecular weight is 282 g/mol. The summed E-state index contributed by atoms with van der Waals surface area (Å²) in [4.78, 5) is 14.1. The van der Waals surface area contributed by atoms with Crippen LogP contribution in [0.25, 0.3) is 0 Å². The molecule has 108 valence electrons. The number of carbonyl (C=O) groups excluding carboxylic acids is 1. The Morgan fingerprint density at radius 1 is 1.24 bits per heavy atom. The third kappa shape index (κ3) is 2.49. The van der Waals surface area contributed by atoms with E-state index in [0.717, 1.165) is 31.4 Å². The summed E-state index contributed by atoms with van der Waals surface area (Å²) in [5, 5.41) is 15.3. The molecule has 1 atom stereocenters. The second kappa shape index (κ2) is 5.57. The Hall–Kier alpha value is -2.35. The molecule has 0 saturated carbocycles. The van der Waals surface area contributed by atoms with Crippen molar-refractivity contribution in [3.8, 4) is 6.07 Å². The summed E-state index contributed by atoms with van der Waals surface area (Å²) < 4.78 is 0. The molecule has 21 heavy (non-hydrogen) atoms. The van der Waals surface area contributed by atoms with Crippen LogP contribution in [0, 0.1) is 18.3 Å². The number of fused-ring (bicyclic) bond motifs is 1. The predicted octanol–water partition coefficient (Wildman–Crippen LogP) is 2.42. The number of amides is 1. The molecule has 0 N–H and O–H groups in total. The van der Waals surface area contributed by atoms with E-state index >= 15 is 0 Å². The van der Waals surface area contributed by atoms with E-state index < -0.39 is 0 Å². The number of anilines is 1. The highest BCUT2D eigenvalue weighted by Crippen LogP contribution is 2.29. The summed E-state index contributed by atoms with van der Waals surface area (Å²) in [6.07, 6.45) is 4.00.